The molecule has 2 aliphatic heterocycles. The second kappa shape index (κ2) is 9.72. The van der Waals surface area contributed by atoms with Crippen LogP contribution in [0.2, 0.25) is 0 Å². The summed E-state index contributed by atoms with van der Waals surface area (Å²) < 4.78 is 5.44. The highest BCUT2D eigenvalue weighted by atomic mass is 16.5. The quantitative estimate of drug-likeness (QED) is 0.682. The van der Waals surface area contributed by atoms with Crippen LogP contribution in [0, 0.1) is 6.92 Å². The van der Waals surface area contributed by atoms with Gasteiger partial charge in [-0.1, -0.05) is 43.0 Å². The normalized spacial score (nSPS) is 21.4. The maximum atomic E-state index is 13.4. The predicted molar refractivity (Wildman–Crippen MR) is 137 cm³/mol. The van der Waals surface area contributed by atoms with Gasteiger partial charge in [-0.2, -0.15) is 0 Å². The Morgan fingerprint density at radius 1 is 1.06 bits per heavy atom. The van der Waals surface area contributed by atoms with Crippen molar-refractivity contribution in [1.29, 1.82) is 0 Å². The van der Waals surface area contributed by atoms with Gasteiger partial charge < -0.3 is 9.64 Å². The molecule has 0 bridgehead atoms. The number of aryl methyl sites for hydroxylation is 1. The number of nitrogens with one attached hydrogen (secondary N) is 1. The first-order valence-corrected chi connectivity index (χ1v) is 12.7. The van der Waals surface area contributed by atoms with Crippen molar-refractivity contribution < 1.29 is 14.3 Å². The second-order valence-electron chi connectivity index (χ2n) is 9.93. The highest BCUT2D eigenvalue weighted by Crippen LogP contribution is 2.39. The van der Waals surface area contributed by atoms with E-state index < -0.39 is 5.54 Å². The van der Waals surface area contributed by atoms with E-state index in [1.54, 1.807) is 7.11 Å². The van der Waals surface area contributed by atoms with E-state index in [0.717, 1.165) is 29.9 Å². The van der Waals surface area contributed by atoms with Gasteiger partial charge in [0.05, 0.1) is 18.8 Å². The monoisotopic (exact) mass is 474 g/mol. The number of anilines is 1. The lowest BCUT2D eigenvalue weighted by Crippen LogP contribution is -2.58. The number of amides is 3. The SMILES string of the molecule is COc1cccc(N2C(=O)NC(=NC3CCCCC3)C23CCN(C(=O)c2ccc(C)cc2)CC3)c1. The molecule has 3 amide bonds. The summed E-state index contributed by atoms with van der Waals surface area (Å²) in [7, 11) is 1.63. The average Bonchev–Trinajstić information content (AvgIpc) is 3.15. The molecule has 2 aromatic carbocycles. The second-order valence-corrected chi connectivity index (χ2v) is 9.93. The van der Waals surface area contributed by atoms with Crippen molar-refractivity contribution in [1.82, 2.24) is 10.2 Å². The molecule has 7 nitrogen and oxygen atoms in total. The lowest BCUT2D eigenvalue weighted by atomic mass is 9.84. The Morgan fingerprint density at radius 3 is 2.46 bits per heavy atom. The minimum Gasteiger partial charge on any atom is -0.497 e. The number of aliphatic imine (C=N–C) groups is 1. The zero-order valence-electron chi connectivity index (χ0n) is 20.6. The summed E-state index contributed by atoms with van der Waals surface area (Å²) in [6.45, 7) is 3.14. The predicted octanol–water partition coefficient (Wildman–Crippen LogP) is 4.94. The third-order valence-electron chi connectivity index (χ3n) is 7.67. The van der Waals surface area contributed by atoms with Crippen LogP contribution in [0.3, 0.4) is 0 Å². The van der Waals surface area contributed by atoms with Crippen LogP contribution in [0.4, 0.5) is 10.5 Å². The van der Waals surface area contributed by atoms with E-state index in [-0.39, 0.29) is 18.0 Å². The van der Waals surface area contributed by atoms with Gasteiger partial charge in [0.25, 0.3) is 5.91 Å². The van der Waals surface area contributed by atoms with Crippen molar-refractivity contribution in [2.45, 2.75) is 63.5 Å². The van der Waals surface area contributed by atoms with Gasteiger partial charge in [0.2, 0.25) is 0 Å². The molecule has 2 aromatic rings. The van der Waals surface area contributed by atoms with Crippen LogP contribution >= 0.6 is 0 Å². The molecular weight excluding hydrogens is 440 g/mol. The first-order valence-electron chi connectivity index (χ1n) is 12.7. The van der Waals surface area contributed by atoms with Gasteiger partial charge >= 0.3 is 6.03 Å². The molecule has 0 atom stereocenters. The Kier molecular flexibility index (Phi) is 6.50. The van der Waals surface area contributed by atoms with E-state index in [1.165, 1.54) is 19.3 Å². The Morgan fingerprint density at radius 2 is 1.77 bits per heavy atom. The fourth-order valence-corrected chi connectivity index (χ4v) is 5.65. The summed E-state index contributed by atoms with van der Waals surface area (Å²) in [6.07, 6.45) is 7.00. The number of hydrogen-bond acceptors (Lipinski definition) is 4. The van der Waals surface area contributed by atoms with Crippen molar-refractivity contribution in [3.05, 3.63) is 59.7 Å². The summed E-state index contributed by atoms with van der Waals surface area (Å²) in [5.74, 6) is 1.51. The molecule has 0 radical (unpaired) electrons. The first-order chi connectivity index (χ1) is 17.0. The van der Waals surface area contributed by atoms with Crippen LogP contribution in [0.1, 0.15) is 60.9 Å². The van der Waals surface area contributed by atoms with Gasteiger partial charge in [-0.25, -0.2) is 4.79 Å². The molecule has 1 saturated carbocycles. The number of carbonyl (C=O) groups excluding carboxylic acids is 2. The van der Waals surface area contributed by atoms with E-state index in [2.05, 4.69) is 5.32 Å². The van der Waals surface area contributed by atoms with E-state index in [9.17, 15) is 9.59 Å². The number of urea groups is 1. The Bertz CT molecular complexity index is 1110. The molecule has 7 heteroatoms. The fourth-order valence-electron chi connectivity index (χ4n) is 5.65. The summed E-state index contributed by atoms with van der Waals surface area (Å²) in [6, 6.07) is 15.4. The number of likely N-dealkylation sites (tertiary alicyclic amines) is 1. The maximum Gasteiger partial charge on any atom is 0.328 e. The number of rotatable bonds is 4. The molecule has 0 unspecified atom stereocenters. The summed E-state index contributed by atoms with van der Waals surface area (Å²) in [5.41, 5.74) is 2.03. The number of ether oxygens (including phenoxy) is 1. The lowest BCUT2D eigenvalue weighted by molar-refractivity contribution is 0.0700. The number of methoxy groups -OCH3 is 1. The molecular formula is C28H34N4O3. The number of amidine groups is 1. The Hall–Kier alpha value is -3.35. The highest BCUT2D eigenvalue weighted by molar-refractivity contribution is 6.19. The molecule has 3 fully saturated rings. The molecule has 1 aliphatic carbocycles. The van der Waals surface area contributed by atoms with Gasteiger partial charge in [0.1, 0.15) is 17.1 Å². The van der Waals surface area contributed by atoms with Crippen LogP contribution < -0.4 is 15.0 Å². The average molecular weight is 475 g/mol. The number of nitrogens with zero attached hydrogens (tertiary/aromatic N) is 3. The fraction of sp³-hybridized carbons (Fsp3) is 0.464. The first kappa shape index (κ1) is 23.4. The zero-order valence-corrected chi connectivity index (χ0v) is 20.6. The van der Waals surface area contributed by atoms with Crippen molar-refractivity contribution in [3.8, 4) is 5.75 Å². The molecule has 2 saturated heterocycles. The van der Waals surface area contributed by atoms with E-state index in [1.807, 2.05) is 65.3 Å². The number of benzene rings is 2. The smallest absolute Gasteiger partial charge is 0.328 e. The van der Waals surface area contributed by atoms with E-state index >= 15 is 0 Å². The van der Waals surface area contributed by atoms with E-state index in [0.29, 0.717) is 37.2 Å². The van der Waals surface area contributed by atoms with Gasteiger partial charge in [-0.15, -0.1) is 0 Å². The van der Waals surface area contributed by atoms with Crippen LogP contribution in [0.5, 0.6) is 5.75 Å². The molecule has 0 aromatic heterocycles. The van der Waals surface area contributed by atoms with Gasteiger partial charge in [0, 0.05) is 24.7 Å². The summed E-state index contributed by atoms with van der Waals surface area (Å²) in [5, 5.41) is 3.12. The third kappa shape index (κ3) is 4.51. The summed E-state index contributed by atoms with van der Waals surface area (Å²) in [4.78, 5) is 35.5. The Labute approximate surface area is 207 Å². The van der Waals surface area contributed by atoms with Crippen molar-refractivity contribution in [3.63, 3.8) is 0 Å². The van der Waals surface area contributed by atoms with Crippen LogP contribution in [0.25, 0.3) is 0 Å². The van der Waals surface area contributed by atoms with Crippen LogP contribution in [-0.4, -0.2) is 54.5 Å². The summed E-state index contributed by atoms with van der Waals surface area (Å²) >= 11 is 0. The third-order valence-corrected chi connectivity index (χ3v) is 7.67. The van der Waals surface area contributed by atoms with Crippen molar-refractivity contribution >= 4 is 23.5 Å². The van der Waals surface area contributed by atoms with Gasteiger partial charge in [-0.3, -0.25) is 20.0 Å². The largest absolute Gasteiger partial charge is 0.497 e. The van der Waals surface area contributed by atoms with Gasteiger partial charge in [-0.05, 0) is 56.9 Å². The van der Waals surface area contributed by atoms with Crippen LogP contribution in [0.15, 0.2) is 53.5 Å². The minimum atomic E-state index is -0.592. The number of piperidine rings is 1. The van der Waals surface area contributed by atoms with E-state index in [4.69, 9.17) is 9.73 Å². The van der Waals surface area contributed by atoms with Crippen molar-refractivity contribution in [2.24, 2.45) is 4.99 Å². The maximum absolute atomic E-state index is 13.4. The van der Waals surface area contributed by atoms with Crippen LogP contribution in [-0.2, 0) is 0 Å². The molecule has 5 rings (SSSR count). The number of carbonyl (C=O) groups is 2. The standard InChI is InChI=1S/C28H34N4O3/c1-20-11-13-21(14-12-20)25(33)31-17-15-28(16-18-31)26(29-22-7-4-3-5-8-22)30-27(34)32(28)23-9-6-10-24(19-23)35-2/h6,9-14,19,22H,3-5,7-8,15-18H2,1-2H3,(H,29,30,34). The number of hydrogen-bond donors (Lipinski definition) is 1. The highest BCUT2D eigenvalue weighted by Gasteiger charge is 2.53. The molecule has 35 heavy (non-hydrogen) atoms. The molecule has 1 spiro atoms. The molecule has 184 valence electrons. The minimum absolute atomic E-state index is 0.0378. The van der Waals surface area contributed by atoms with Crippen molar-refractivity contribution in [2.75, 3.05) is 25.1 Å². The Balaban J connectivity index is 1.46. The molecule has 2 heterocycles. The topological polar surface area (TPSA) is 74.2 Å². The molecule has 3 aliphatic rings. The lowest BCUT2D eigenvalue weighted by Gasteiger charge is -2.43. The molecule has 1 N–H and O–H groups in total. The zero-order chi connectivity index (χ0) is 24.4. The van der Waals surface area contributed by atoms with Gasteiger partial charge in [0.15, 0.2) is 0 Å².